The number of benzene rings is 1. The normalized spacial score (nSPS) is 10.6. The molecule has 0 saturated heterocycles. The average Bonchev–Trinajstić information content (AvgIpc) is 2.16. The zero-order chi connectivity index (χ0) is 9.26. The van der Waals surface area contributed by atoms with Gasteiger partial charge in [0.2, 0.25) is 0 Å². The fraction of sp³-hybridized carbons (Fsp3) is 0.182. The molecule has 1 aromatic carbocycles. The molecule has 1 aromatic heterocycles. The van der Waals surface area contributed by atoms with Gasteiger partial charge in [0.25, 0.3) is 0 Å². The first kappa shape index (κ1) is 8.52. The maximum atomic E-state index is 5.82. The number of aromatic nitrogens is 1. The van der Waals surface area contributed by atoms with Crippen molar-refractivity contribution in [2.75, 3.05) is 0 Å². The Morgan fingerprint density at radius 3 is 2.85 bits per heavy atom. The molecule has 0 radical (unpaired) electrons. The highest BCUT2D eigenvalue weighted by atomic mass is 35.5. The molecule has 13 heavy (non-hydrogen) atoms. The lowest BCUT2D eigenvalue weighted by atomic mass is 10.1. The number of hydrogen-bond donors (Lipinski definition) is 0. The number of halogens is 1. The first-order valence-corrected chi connectivity index (χ1v) is 4.76. The third-order valence-corrected chi connectivity index (χ3v) is 2.33. The maximum absolute atomic E-state index is 5.82. The molecule has 2 aromatic rings. The van der Waals surface area contributed by atoms with Gasteiger partial charge in [-0.05, 0) is 18.4 Å². The van der Waals surface area contributed by atoms with E-state index in [-0.39, 0.29) is 0 Å². The molecule has 0 aliphatic heterocycles. The molecule has 0 unspecified atom stereocenters. The highest BCUT2D eigenvalue weighted by Crippen LogP contribution is 2.19. The molecule has 0 amide bonds. The van der Waals surface area contributed by atoms with Crippen molar-refractivity contribution < 1.29 is 0 Å². The van der Waals surface area contributed by atoms with E-state index in [1.165, 1.54) is 5.39 Å². The van der Waals surface area contributed by atoms with Crippen molar-refractivity contribution in [1.29, 1.82) is 0 Å². The molecule has 0 aliphatic rings. The number of rotatable bonds is 1. The molecule has 0 saturated carbocycles. The zero-order valence-corrected chi connectivity index (χ0v) is 8.17. The van der Waals surface area contributed by atoms with Crippen LogP contribution in [0.1, 0.15) is 11.4 Å². The SMILES string of the molecule is Cc1cc2ccccc2c(CCl)n1. The van der Waals surface area contributed by atoms with E-state index < -0.39 is 0 Å². The van der Waals surface area contributed by atoms with Gasteiger partial charge in [-0.25, -0.2) is 0 Å². The number of nitrogens with zero attached hydrogens (tertiary/aromatic N) is 1. The van der Waals surface area contributed by atoms with Crippen LogP contribution in [0.3, 0.4) is 0 Å². The molecule has 0 atom stereocenters. The van der Waals surface area contributed by atoms with Crippen LogP contribution in [0, 0.1) is 6.92 Å². The summed E-state index contributed by atoms with van der Waals surface area (Å²) in [6.07, 6.45) is 0. The number of fused-ring (bicyclic) bond motifs is 1. The Kier molecular flexibility index (Phi) is 2.19. The molecule has 2 rings (SSSR count). The first-order chi connectivity index (χ1) is 6.31. The van der Waals surface area contributed by atoms with Crippen molar-refractivity contribution in [3.05, 3.63) is 41.7 Å². The summed E-state index contributed by atoms with van der Waals surface area (Å²) in [5.41, 5.74) is 1.99. The zero-order valence-electron chi connectivity index (χ0n) is 7.42. The number of alkyl halides is 1. The lowest BCUT2D eigenvalue weighted by Gasteiger charge is -2.03. The minimum atomic E-state index is 0.474. The highest BCUT2D eigenvalue weighted by molar-refractivity contribution is 6.17. The van der Waals surface area contributed by atoms with E-state index in [1.54, 1.807) is 0 Å². The van der Waals surface area contributed by atoms with Crippen LogP contribution < -0.4 is 0 Å². The van der Waals surface area contributed by atoms with Crippen LogP contribution in [0.4, 0.5) is 0 Å². The minimum absolute atomic E-state index is 0.474. The summed E-state index contributed by atoms with van der Waals surface area (Å²) >= 11 is 5.82. The van der Waals surface area contributed by atoms with Crippen molar-refractivity contribution in [3.8, 4) is 0 Å². The quantitative estimate of drug-likeness (QED) is 0.631. The van der Waals surface area contributed by atoms with Gasteiger partial charge >= 0.3 is 0 Å². The predicted octanol–water partition coefficient (Wildman–Crippen LogP) is 3.28. The second-order valence-corrected chi connectivity index (χ2v) is 3.33. The van der Waals surface area contributed by atoms with E-state index in [1.807, 2.05) is 19.1 Å². The Morgan fingerprint density at radius 2 is 2.08 bits per heavy atom. The fourth-order valence-corrected chi connectivity index (χ4v) is 1.72. The molecule has 0 N–H and O–H groups in total. The fourth-order valence-electron chi connectivity index (χ4n) is 1.52. The van der Waals surface area contributed by atoms with E-state index in [9.17, 15) is 0 Å². The molecule has 0 spiro atoms. The minimum Gasteiger partial charge on any atom is -0.256 e. The van der Waals surface area contributed by atoms with Gasteiger partial charge in [-0.1, -0.05) is 24.3 Å². The molecule has 2 heteroatoms. The number of hydrogen-bond acceptors (Lipinski definition) is 1. The average molecular weight is 192 g/mol. The summed E-state index contributed by atoms with van der Waals surface area (Å²) in [6.45, 7) is 1.99. The maximum Gasteiger partial charge on any atom is 0.0653 e. The lowest BCUT2D eigenvalue weighted by molar-refractivity contribution is 1.13. The molecule has 0 bridgehead atoms. The third kappa shape index (κ3) is 1.52. The Bertz CT molecular complexity index is 437. The molecule has 0 fully saturated rings. The van der Waals surface area contributed by atoms with Crippen LogP contribution in [0.2, 0.25) is 0 Å². The highest BCUT2D eigenvalue weighted by Gasteiger charge is 2.01. The Morgan fingerprint density at radius 1 is 1.31 bits per heavy atom. The molecule has 0 aliphatic carbocycles. The summed E-state index contributed by atoms with van der Waals surface area (Å²) in [6, 6.07) is 10.3. The number of aryl methyl sites for hydroxylation is 1. The van der Waals surface area contributed by atoms with Crippen LogP contribution in [0.25, 0.3) is 10.8 Å². The van der Waals surface area contributed by atoms with Crippen molar-refractivity contribution in [2.45, 2.75) is 12.8 Å². The second kappa shape index (κ2) is 3.35. The van der Waals surface area contributed by atoms with Crippen LogP contribution >= 0.6 is 11.6 Å². The number of pyridine rings is 1. The summed E-state index contributed by atoms with van der Waals surface area (Å²) in [5.74, 6) is 0.474. The van der Waals surface area contributed by atoms with Gasteiger partial charge < -0.3 is 0 Å². The van der Waals surface area contributed by atoms with Gasteiger partial charge in [0.1, 0.15) is 0 Å². The molecule has 66 valence electrons. The Labute approximate surface area is 82.4 Å². The monoisotopic (exact) mass is 191 g/mol. The molecular weight excluding hydrogens is 182 g/mol. The molecule has 1 heterocycles. The topological polar surface area (TPSA) is 12.9 Å². The summed E-state index contributed by atoms with van der Waals surface area (Å²) in [7, 11) is 0. The van der Waals surface area contributed by atoms with E-state index in [2.05, 4.69) is 23.2 Å². The molecular formula is C11H10ClN. The van der Waals surface area contributed by atoms with Gasteiger partial charge in [0.15, 0.2) is 0 Å². The van der Waals surface area contributed by atoms with Crippen molar-refractivity contribution in [3.63, 3.8) is 0 Å². The van der Waals surface area contributed by atoms with Gasteiger partial charge in [-0.3, -0.25) is 4.98 Å². The summed E-state index contributed by atoms with van der Waals surface area (Å²) < 4.78 is 0. The van der Waals surface area contributed by atoms with Gasteiger partial charge in [0.05, 0.1) is 11.6 Å². The standard InChI is InChI=1S/C11H10ClN/c1-8-6-9-4-2-3-5-10(9)11(7-12)13-8/h2-6H,7H2,1H3. The van der Waals surface area contributed by atoms with Crippen molar-refractivity contribution >= 4 is 22.4 Å². The largest absolute Gasteiger partial charge is 0.256 e. The molecule has 1 nitrogen and oxygen atoms in total. The smallest absolute Gasteiger partial charge is 0.0653 e. The van der Waals surface area contributed by atoms with Crippen LogP contribution in [-0.4, -0.2) is 4.98 Å². The summed E-state index contributed by atoms with van der Waals surface area (Å²) in [5, 5.41) is 2.37. The van der Waals surface area contributed by atoms with E-state index in [0.29, 0.717) is 5.88 Å². The van der Waals surface area contributed by atoms with Crippen molar-refractivity contribution in [2.24, 2.45) is 0 Å². The Hall–Kier alpha value is -1.08. The second-order valence-electron chi connectivity index (χ2n) is 3.07. The Balaban J connectivity index is 2.81. The van der Waals surface area contributed by atoms with Crippen molar-refractivity contribution in [1.82, 2.24) is 4.98 Å². The van der Waals surface area contributed by atoms with Crippen LogP contribution in [-0.2, 0) is 5.88 Å². The third-order valence-electron chi connectivity index (χ3n) is 2.07. The van der Waals surface area contributed by atoms with Gasteiger partial charge in [-0.2, -0.15) is 0 Å². The van der Waals surface area contributed by atoms with E-state index in [4.69, 9.17) is 11.6 Å². The lowest BCUT2D eigenvalue weighted by Crippen LogP contribution is -1.90. The van der Waals surface area contributed by atoms with E-state index in [0.717, 1.165) is 16.8 Å². The first-order valence-electron chi connectivity index (χ1n) is 4.22. The van der Waals surface area contributed by atoms with Crippen LogP contribution in [0.5, 0.6) is 0 Å². The van der Waals surface area contributed by atoms with Crippen LogP contribution in [0.15, 0.2) is 30.3 Å². The van der Waals surface area contributed by atoms with Gasteiger partial charge in [-0.15, -0.1) is 11.6 Å². The van der Waals surface area contributed by atoms with E-state index >= 15 is 0 Å². The van der Waals surface area contributed by atoms with Gasteiger partial charge in [0, 0.05) is 11.1 Å². The summed E-state index contributed by atoms with van der Waals surface area (Å²) in [4.78, 5) is 4.39. The predicted molar refractivity (Wildman–Crippen MR) is 56.0 cm³/mol.